The fourth-order valence-electron chi connectivity index (χ4n) is 1.82. The van der Waals surface area contributed by atoms with E-state index in [1.807, 2.05) is 0 Å². The first-order valence-electron chi connectivity index (χ1n) is 8.22. The molecule has 7 heteroatoms. The summed E-state index contributed by atoms with van der Waals surface area (Å²) >= 11 is 0. The number of esters is 1. The van der Waals surface area contributed by atoms with Crippen LogP contribution < -0.4 is 5.32 Å². The normalized spacial score (nSPS) is 12.6. The summed E-state index contributed by atoms with van der Waals surface area (Å²) in [5, 5.41) is 2.49. The lowest BCUT2D eigenvalue weighted by Crippen LogP contribution is -2.41. The minimum Gasteiger partial charge on any atom is -0.467 e. The Bertz CT molecular complexity index is 725. The second kappa shape index (κ2) is 8.45. The number of rotatable bonds is 4. The molecule has 0 saturated carbocycles. The molecule has 1 atom stereocenters. The quantitative estimate of drug-likeness (QED) is 0.492. The van der Waals surface area contributed by atoms with Crippen LogP contribution in [0.1, 0.15) is 37.6 Å². The molecule has 26 heavy (non-hydrogen) atoms. The fraction of sp³-hybridized carbons (Fsp3) is 0.474. The molecule has 0 spiro atoms. The molecule has 0 aliphatic heterocycles. The molecule has 0 radical (unpaired) electrons. The first-order chi connectivity index (χ1) is 11.9. The Morgan fingerprint density at radius 3 is 2.19 bits per heavy atom. The van der Waals surface area contributed by atoms with Gasteiger partial charge in [-0.2, -0.15) is 0 Å². The van der Waals surface area contributed by atoms with E-state index in [1.54, 1.807) is 0 Å². The summed E-state index contributed by atoms with van der Waals surface area (Å²) < 4.78 is 31.2. The Morgan fingerprint density at radius 1 is 1.19 bits per heavy atom. The molecule has 1 rings (SSSR count). The number of benzene rings is 1. The van der Waals surface area contributed by atoms with Crippen LogP contribution in [0.25, 0.3) is 0 Å². The Balaban J connectivity index is 2.96. The van der Waals surface area contributed by atoms with Crippen molar-refractivity contribution in [3.05, 3.63) is 35.4 Å². The molecule has 4 nitrogen and oxygen atoms in total. The van der Waals surface area contributed by atoms with Crippen LogP contribution in [0.5, 0.6) is 0 Å². The molecule has 0 aliphatic carbocycles. The number of carbonyl (C=O) groups excluding carboxylic acids is 2. The van der Waals surface area contributed by atoms with E-state index in [9.17, 15) is 18.4 Å². The molecule has 142 valence electrons. The molecular weight excluding hydrogens is 356 g/mol. The number of halogens is 2. The van der Waals surface area contributed by atoms with Gasteiger partial charge in [-0.15, -0.1) is 11.5 Å². The second-order valence-electron chi connectivity index (χ2n) is 7.59. The van der Waals surface area contributed by atoms with Crippen LogP contribution >= 0.6 is 0 Å². The van der Waals surface area contributed by atoms with Gasteiger partial charge in [-0.1, -0.05) is 33.9 Å². The first-order valence-corrected chi connectivity index (χ1v) is 11.2. The van der Waals surface area contributed by atoms with Crippen LogP contribution in [0.3, 0.4) is 0 Å². The minimum atomic E-state index is -1.86. The van der Waals surface area contributed by atoms with E-state index in [0.29, 0.717) is 6.07 Å². The molecule has 0 saturated heterocycles. The van der Waals surface area contributed by atoms with Crippen LogP contribution in [0.15, 0.2) is 18.2 Å². The molecule has 0 aliphatic rings. The molecule has 0 unspecified atom stereocenters. The predicted octanol–water partition coefficient (Wildman–Crippen LogP) is 3.68. The van der Waals surface area contributed by atoms with Gasteiger partial charge in [0.25, 0.3) is 5.91 Å². The van der Waals surface area contributed by atoms with Crippen molar-refractivity contribution in [1.29, 1.82) is 0 Å². The van der Waals surface area contributed by atoms with Gasteiger partial charge < -0.3 is 10.1 Å². The molecule has 0 aromatic heterocycles. The monoisotopic (exact) mass is 381 g/mol. The maximum Gasteiger partial charge on any atom is 0.329 e. The zero-order valence-electron chi connectivity index (χ0n) is 16.0. The third kappa shape index (κ3) is 5.95. The molecular formula is C19H25F2NO3Si. The SMILES string of the molecule is COC(=O)[C@H](CC#C[Si](C)(C)C(C)(C)C)NC(=O)c1cc(F)cc(F)c1. The van der Waals surface area contributed by atoms with Gasteiger partial charge in [-0.05, 0) is 17.2 Å². The molecule has 0 bridgehead atoms. The zero-order chi connectivity index (χ0) is 20.1. The first kappa shape index (κ1) is 21.8. The molecule has 1 aromatic carbocycles. The van der Waals surface area contributed by atoms with Crippen molar-refractivity contribution < 1.29 is 23.1 Å². The number of nitrogens with one attached hydrogen (secondary N) is 1. The number of amides is 1. The van der Waals surface area contributed by atoms with Gasteiger partial charge in [0.15, 0.2) is 0 Å². The number of carbonyl (C=O) groups is 2. The highest BCUT2D eigenvalue weighted by Crippen LogP contribution is 2.35. The van der Waals surface area contributed by atoms with E-state index >= 15 is 0 Å². The number of methoxy groups -OCH3 is 1. The Morgan fingerprint density at radius 2 is 1.73 bits per heavy atom. The molecule has 1 aromatic rings. The van der Waals surface area contributed by atoms with E-state index in [1.165, 1.54) is 7.11 Å². The lowest BCUT2D eigenvalue weighted by atomic mass is 10.1. The molecule has 1 N–H and O–H groups in total. The highest BCUT2D eigenvalue weighted by molar-refractivity contribution is 6.87. The smallest absolute Gasteiger partial charge is 0.329 e. The summed E-state index contributed by atoms with van der Waals surface area (Å²) in [7, 11) is -0.662. The van der Waals surface area contributed by atoms with Crippen molar-refractivity contribution in [2.75, 3.05) is 7.11 Å². The molecule has 1 amide bonds. The van der Waals surface area contributed by atoms with Crippen LogP contribution in [-0.2, 0) is 9.53 Å². The van der Waals surface area contributed by atoms with Gasteiger partial charge in [0.2, 0.25) is 0 Å². The van der Waals surface area contributed by atoms with Gasteiger partial charge in [0.05, 0.1) is 7.11 Å². The topological polar surface area (TPSA) is 55.4 Å². The van der Waals surface area contributed by atoms with Crippen molar-refractivity contribution in [3.8, 4) is 11.5 Å². The van der Waals surface area contributed by atoms with Gasteiger partial charge >= 0.3 is 5.97 Å². The lowest BCUT2D eigenvalue weighted by molar-refractivity contribution is -0.142. The minimum absolute atomic E-state index is 0.0583. The Kier molecular flexibility index (Phi) is 7.10. The van der Waals surface area contributed by atoms with Crippen molar-refractivity contribution in [3.63, 3.8) is 0 Å². The average Bonchev–Trinajstić information content (AvgIpc) is 2.50. The van der Waals surface area contributed by atoms with Crippen LogP contribution in [0.2, 0.25) is 18.1 Å². The lowest BCUT2D eigenvalue weighted by Gasteiger charge is -2.31. The molecule has 0 fully saturated rings. The maximum absolute atomic E-state index is 13.3. The van der Waals surface area contributed by atoms with Crippen molar-refractivity contribution in [2.24, 2.45) is 0 Å². The van der Waals surface area contributed by atoms with Gasteiger partial charge in [0, 0.05) is 18.1 Å². The van der Waals surface area contributed by atoms with E-state index in [4.69, 9.17) is 0 Å². The van der Waals surface area contributed by atoms with Crippen LogP contribution in [0, 0.1) is 23.1 Å². The molecule has 0 heterocycles. The summed E-state index contributed by atoms with van der Waals surface area (Å²) in [6.45, 7) is 10.6. The summed E-state index contributed by atoms with van der Waals surface area (Å²) in [5.74, 6) is -0.208. The standard InChI is InChI=1S/C19H25F2NO3Si/c1-19(2,3)26(5,6)9-7-8-16(18(24)25-4)22-17(23)13-10-14(20)12-15(21)11-13/h10-12,16H,8H2,1-6H3,(H,22,23)/t16-/m0/s1. The number of ether oxygens (including phenoxy) is 1. The average molecular weight is 381 g/mol. The summed E-state index contributed by atoms with van der Waals surface area (Å²) in [6.07, 6.45) is 0.0583. The van der Waals surface area contributed by atoms with Crippen LogP contribution in [-0.4, -0.2) is 33.1 Å². The second-order valence-corrected chi connectivity index (χ2v) is 12.6. The van der Waals surface area contributed by atoms with E-state index < -0.39 is 37.6 Å². The van der Waals surface area contributed by atoms with Crippen molar-refractivity contribution in [2.45, 2.75) is 51.4 Å². The van der Waals surface area contributed by atoms with Gasteiger partial charge in [-0.25, -0.2) is 13.6 Å². The fourth-order valence-corrected chi connectivity index (χ4v) is 2.74. The summed E-state index contributed by atoms with van der Waals surface area (Å²) in [5.41, 5.74) is 3.04. The van der Waals surface area contributed by atoms with E-state index in [2.05, 4.69) is 55.4 Å². The highest BCUT2D eigenvalue weighted by Gasteiger charge is 2.33. The van der Waals surface area contributed by atoms with Crippen molar-refractivity contribution >= 4 is 20.0 Å². The van der Waals surface area contributed by atoms with E-state index in [-0.39, 0.29) is 17.0 Å². The predicted molar refractivity (Wildman–Crippen MR) is 99.2 cm³/mol. The third-order valence-corrected chi connectivity index (χ3v) is 9.05. The summed E-state index contributed by atoms with van der Waals surface area (Å²) in [4.78, 5) is 24.1. The Hall–Kier alpha value is -2.20. The zero-order valence-corrected chi connectivity index (χ0v) is 17.0. The third-order valence-electron chi connectivity index (χ3n) is 4.50. The van der Waals surface area contributed by atoms with Gasteiger partial charge in [-0.3, -0.25) is 4.79 Å². The summed E-state index contributed by atoms with van der Waals surface area (Å²) in [6, 6.07) is 1.44. The largest absolute Gasteiger partial charge is 0.467 e. The van der Waals surface area contributed by atoms with Crippen molar-refractivity contribution in [1.82, 2.24) is 5.32 Å². The highest BCUT2D eigenvalue weighted by atomic mass is 28.3. The van der Waals surface area contributed by atoms with Gasteiger partial charge in [0.1, 0.15) is 25.8 Å². The van der Waals surface area contributed by atoms with E-state index in [0.717, 1.165) is 12.1 Å². The Labute approximate surface area is 154 Å². The maximum atomic E-state index is 13.3. The number of hydrogen-bond acceptors (Lipinski definition) is 3. The number of hydrogen-bond donors (Lipinski definition) is 1. The van der Waals surface area contributed by atoms with Crippen LogP contribution in [0.4, 0.5) is 8.78 Å².